The van der Waals surface area contributed by atoms with E-state index in [1.54, 1.807) is 43.7 Å². The molecule has 0 saturated heterocycles. The Kier molecular flexibility index (Phi) is 8.00. The zero-order chi connectivity index (χ0) is 30.1. The molecule has 5 rings (SSSR count). The second-order valence-electron chi connectivity index (χ2n) is 9.78. The molecular formula is C32H31N3O6S. The highest BCUT2D eigenvalue weighted by molar-refractivity contribution is 7.07. The van der Waals surface area contributed by atoms with E-state index in [0.717, 1.165) is 22.6 Å². The largest absolute Gasteiger partial charge is 0.497 e. The van der Waals surface area contributed by atoms with Gasteiger partial charge in [-0.25, -0.2) is 14.6 Å². The van der Waals surface area contributed by atoms with Gasteiger partial charge in [-0.05, 0) is 81.3 Å². The minimum absolute atomic E-state index is 0.197. The lowest BCUT2D eigenvalue weighted by atomic mass is 9.95. The summed E-state index contributed by atoms with van der Waals surface area (Å²) >= 11 is 1.27. The number of esters is 2. The zero-order valence-electron chi connectivity index (χ0n) is 24.3. The van der Waals surface area contributed by atoms with Gasteiger partial charge in [-0.1, -0.05) is 29.5 Å². The highest BCUT2D eigenvalue weighted by Gasteiger charge is 2.33. The summed E-state index contributed by atoms with van der Waals surface area (Å²) in [4.78, 5) is 44.4. The molecule has 0 spiro atoms. The van der Waals surface area contributed by atoms with E-state index in [9.17, 15) is 14.4 Å². The van der Waals surface area contributed by atoms with Gasteiger partial charge < -0.3 is 18.8 Å². The van der Waals surface area contributed by atoms with Crippen molar-refractivity contribution < 1.29 is 23.8 Å². The number of nitrogens with zero attached hydrogens (tertiary/aromatic N) is 3. The van der Waals surface area contributed by atoms with Gasteiger partial charge in [0.2, 0.25) is 0 Å². The molecule has 0 saturated carbocycles. The lowest BCUT2D eigenvalue weighted by Crippen LogP contribution is -2.39. The van der Waals surface area contributed by atoms with Gasteiger partial charge in [-0.2, -0.15) is 0 Å². The van der Waals surface area contributed by atoms with Gasteiger partial charge in [0, 0.05) is 17.1 Å². The van der Waals surface area contributed by atoms with Crippen molar-refractivity contribution in [3.05, 3.63) is 114 Å². The average molecular weight is 586 g/mol. The van der Waals surface area contributed by atoms with Crippen LogP contribution in [0.1, 0.15) is 52.8 Å². The Morgan fingerprint density at radius 3 is 2.50 bits per heavy atom. The topological polar surface area (TPSA) is 101 Å². The van der Waals surface area contributed by atoms with Crippen LogP contribution in [0, 0.1) is 13.8 Å². The van der Waals surface area contributed by atoms with Crippen molar-refractivity contribution in [2.75, 3.05) is 20.8 Å². The van der Waals surface area contributed by atoms with Gasteiger partial charge in [0.25, 0.3) is 5.56 Å². The maximum absolute atomic E-state index is 14.0. The number of carbonyl (C=O) groups excluding carboxylic acids is 2. The molecule has 3 heterocycles. The summed E-state index contributed by atoms with van der Waals surface area (Å²) in [5.74, 6) is -0.321. The van der Waals surface area contributed by atoms with Gasteiger partial charge in [0.05, 0.1) is 48.2 Å². The fraction of sp³-hybridized carbons (Fsp3) is 0.250. The first-order valence-corrected chi connectivity index (χ1v) is 14.2. The van der Waals surface area contributed by atoms with E-state index < -0.39 is 18.0 Å². The van der Waals surface area contributed by atoms with Crippen molar-refractivity contribution >= 4 is 29.4 Å². The predicted octanol–water partition coefficient (Wildman–Crippen LogP) is 4.00. The molecule has 10 heteroatoms. The van der Waals surface area contributed by atoms with E-state index in [-0.39, 0.29) is 12.2 Å². The average Bonchev–Trinajstić information content (AvgIpc) is 3.45. The summed E-state index contributed by atoms with van der Waals surface area (Å²) in [6.45, 7) is 7.62. The van der Waals surface area contributed by atoms with Crippen LogP contribution in [0.5, 0.6) is 5.75 Å². The van der Waals surface area contributed by atoms with Crippen molar-refractivity contribution in [1.29, 1.82) is 0 Å². The lowest BCUT2D eigenvalue weighted by molar-refractivity contribution is -0.139. The maximum atomic E-state index is 14.0. The zero-order valence-corrected chi connectivity index (χ0v) is 25.1. The first-order valence-electron chi connectivity index (χ1n) is 13.4. The number of hydrogen-bond donors (Lipinski definition) is 0. The van der Waals surface area contributed by atoms with E-state index in [0.29, 0.717) is 37.5 Å². The number of allylic oxidation sites excluding steroid dienone is 1. The summed E-state index contributed by atoms with van der Waals surface area (Å²) < 4.78 is 19.8. The molecule has 4 aromatic rings. The van der Waals surface area contributed by atoms with Gasteiger partial charge in [-0.3, -0.25) is 9.36 Å². The molecule has 0 fully saturated rings. The molecule has 1 aliphatic rings. The molecule has 1 atom stereocenters. The van der Waals surface area contributed by atoms with Crippen LogP contribution in [-0.2, 0) is 14.3 Å². The van der Waals surface area contributed by atoms with Crippen LogP contribution in [0.15, 0.2) is 75.7 Å². The number of rotatable bonds is 7. The third kappa shape index (κ3) is 5.09. The number of benzene rings is 2. The van der Waals surface area contributed by atoms with Crippen molar-refractivity contribution in [1.82, 2.24) is 9.13 Å². The molecule has 0 unspecified atom stereocenters. The molecule has 9 nitrogen and oxygen atoms in total. The van der Waals surface area contributed by atoms with E-state index in [4.69, 9.17) is 14.2 Å². The van der Waals surface area contributed by atoms with Crippen molar-refractivity contribution in [3.8, 4) is 11.4 Å². The molecule has 216 valence electrons. The minimum Gasteiger partial charge on any atom is -0.497 e. The molecule has 42 heavy (non-hydrogen) atoms. The van der Waals surface area contributed by atoms with E-state index >= 15 is 0 Å². The highest BCUT2D eigenvalue weighted by atomic mass is 32.1. The number of hydrogen-bond acceptors (Lipinski definition) is 8. The summed E-state index contributed by atoms with van der Waals surface area (Å²) in [6, 6.07) is 15.8. The van der Waals surface area contributed by atoms with Gasteiger partial charge in [-0.15, -0.1) is 0 Å². The molecule has 0 radical (unpaired) electrons. The maximum Gasteiger partial charge on any atom is 0.338 e. The molecule has 1 aliphatic heterocycles. The second kappa shape index (κ2) is 11.7. The minimum atomic E-state index is -0.731. The summed E-state index contributed by atoms with van der Waals surface area (Å²) in [7, 11) is 2.92. The van der Waals surface area contributed by atoms with Crippen LogP contribution in [0.2, 0.25) is 0 Å². The van der Waals surface area contributed by atoms with Crippen LogP contribution in [0.3, 0.4) is 0 Å². The normalized spacial score (nSPS) is 14.8. The third-order valence-electron chi connectivity index (χ3n) is 7.21. The monoisotopic (exact) mass is 585 g/mol. The fourth-order valence-electron chi connectivity index (χ4n) is 5.28. The van der Waals surface area contributed by atoms with E-state index in [1.165, 1.54) is 18.4 Å². The SMILES string of the molecule is CCOC(=O)C1=C(C)N=c2s/c(=C/c3cc(C)n(-c4cccc(C(=O)OC)c4)c3C)c(=O)n2[C@H]1c1cccc(OC)c1. The van der Waals surface area contributed by atoms with Gasteiger partial charge in [0.1, 0.15) is 5.75 Å². The quantitative estimate of drug-likeness (QED) is 0.304. The molecule has 2 aromatic heterocycles. The van der Waals surface area contributed by atoms with E-state index in [1.807, 2.05) is 60.9 Å². The Bertz CT molecular complexity index is 1930. The molecule has 0 amide bonds. The first kappa shape index (κ1) is 28.8. The molecule has 0 N–H and O–H groups in total. The lowest BCUT2D eigenvalue weighted by Gasteiger charge is -2.25. The Balaban J connectivity index is 1.67. The standard InChI is InChI=1S/C32H31N3O6S/c1-7-41-31(38)27-19(3)33-32-35(28(27)21-10-9-13-25(16-21)39-5)29(36)26(42-32)17-23-14-18(2)34(20(23)4)24-12-8-11-22(15-24)30(37)40-6/h8-17,28H,7H2,1-6H3/b26-17+/t28-/m0/s1. The number of carbonyl (C=O) groups is 2. The van der Waals surface area contributed by atoms with Crippen LogP contribution >= 0.6 is 11.3 Å². The molecule has 0 bridgehead atoms. The van der Waals surface area contributed by atoms with Crippen LogP contribution in [0.25, 0.3) is 11.8 Å². The number of fused-ring (bicyclic) bond motifs is 1. The highest BCUT2D eigenvalue weighted by Crippen LogP contribution is 2.32. The van der Waals surface area contributed by atoms with Crippen molar-refractivity contribution in [2.45, 2.75) is 33.7 Å². The number of methoxy groups -OCH3 is 2. The van der Waals surface area contributed by atoms with Gasteiger partial charge in [0.15, 0.2) is 4.80 Å². The van der Waals surface area contributed by atoms with Crippen LogP contribution in [0.4, 0.5) is 0 Å². The Morgan fingerprint density at radius 1 is 1.02 bits per heavy atom. The smallest absolute Gasteiger partial charge is 0.338 e. The second-order valence-corrected chi connectivity index (χ2v) is 10.8. The Labute approximate surface area is 246 Å². The molecule has 2 aromatic carbocycles. The summed E-state index contributed by atoms with van der Waals surface area (Å²) in [6.07, 6.45) is 1.85. The van der Waals surface area contributed by atoms with Gasteiger partial charge >= 0.3 is 11.9 Å². The van der Waals surface area contributed by atoms with Crippen LogP contribution < -0.4 is 19.6 Å². The number of ether oxygens (including phenoxy) is 3. The number of thiazole rings is 1. The van der Waals surface area contributed by atoms with Crippen LogP contribution in [-0.4, -0.2) is 41.9 Å². The van der Waals surface area contributed by atoms with Crippen molar-refractivity contribution in [2.24, 2.45) is 4.99 Å². The Hall–Kier alpha value is -4.70. The molecular weight excluding hydrogens is 554 g/mol. The summed E-state index contributed by atoms with van der Waals surface area (Å²) in [5, 5.41) is 0. The number of aryl methyl sites for hydroxylation is 1. The summed E-state index contributed by atoms with van der Waals surface area (Å²) in [5.41, 5.74) is 5.19. The molecule has 0 aliphatic carbocycles. The Morgan fingerprint density at radius 2 is 1.79 bits per heavy atom. The van der Waals surface area contributed by atoms with Crippen molar-refractivity contribution in [3.63, 3.8) is 0 Å². The third-order valence-corrected chi connectivity index (χ3v) is 8.19. The fourth-order valence-corrected chi connectivity index (χ4v) is 6.32. The first-order chi connectivity index (χ1) is 20.2. The van der Waals surface area contributed by atoms with E-state index in [2.05, 4.69) is 4.99 Å². The number of aromatic nitrogens is 2. The predicted molar refractivity (Wildman–Crippen MR) is 160 cm³/mol.